The summed E-state index contributed by atoms with van der Waals surface area (Å²) in [6.45, 7) is 3.75. The lowest BCUT2D eigenvalue weighted by Crippen LogP contribution is -2.25. The van der Waals surface area contributed by atoms with Crippen LogP contribution in [0.2, 0.25) is 0 Å². The summed E-state index contributed by atoms with van der Waals surface area (Å²) in [4.78, 5) is 6.87. The molecule has 94 valence electrons. The number of hydrogen-bond donors (Lipinski definition) is 1. The monoisotopic (exact) mass is 233 g/mol. The number of pyridine rings is 1. The van der Waals surface area contributed by atoms with Crippen molar-refractivity contribution < 1.29 is 0 Å². The van der Waals surface area contributed by atoms with Crippen LogP contribution < -0.4 is 10.6 Å². The molecular weight excluding hydrogens is 210 g/mol. The average Bonchev–Trinajstić information content (AvgIpc) is 2.81. The Morgan fingerprint density at radius 2 is 2.06 bits per heavy atom. The highest BCUT2D eigenvalue weighted by atomic mass is 15.2. The fourth-order valence-electron chi connectivity index (χ4n) is 2.71. The van der Waals surface area contributed by atoms with Gasteiger partial charge in [-0.15, -0.1) is 0 Å². The van der Waals surface area contributed by atoms with Crippen LogP contribution in [0, 0.1) is 12.8 Å². The first-order valence-corrected chi connectivity index (χ1v) is 6.58. The number of anilines is 1. The number of aromatic nitrogens is 1. The van der Waals surface area contributed by atoms with E-state index in [9.17, 15) is 0 Å². The van der Waals surface area contributed by atoms with Gasteiger partial charge in [0, 0.05) is 25.8 Å². The molecule has 0 spiro atoms. The van der Waals surface area contributed by atoms with E-state index in [-0.39, 0.29) is 0 Å². The number of aryl methyl sites for hydroxylation is 1. The fourth-order valence-corrected chi connectivity index (χ4v) is 2.71. The second-order valence-corrected chi connectivity index (χ2v) is 5.21. The molecule has 0 radical (unpaired) electrons. The molecule has 1 saturated carbocycles. The molecule has 1 aliphatic rings. The number of nitrogens with two attached hydrogens (primary N) is 1. The van der Waals surface area contributed by atoms with E-state index in [0.717, 1.165) is 24.0 Å². The summed E-state index contributed by atoms with van der Waals surface area (Å²) < 4.78 is 0. The first-order chi connectivity index (χ1) is 8.19. The average molecular weight is 233 g/mol. The summed E-state index contributed by atoms with van der Waals surface area (Å²) in [7, 11) is 2.14. The number of nitrogens with zero attached hydrogens (tertiary/aromatic N) is 2. The molecule has 0 atom stereocenters. The summed E-state index contributed by atoms with van der Waals surface area (Å²) in [6, 6.07) is 4.18. The lowest BCUT2D eigenvalue weighted by molar-refractivity contribution is 0.545. The van der Waals surface area contributed by atoms with Gasteiger partial charge in [0.05, 0.1) is 0 Å². The van der Waals surface area contributed by atoms with E-state index in [1.807, 2.05) is 6.92 Å². The van der Waals surface area contributed by atoms with Crippen molar-refractivity contribution >= 4 is 5.82 Å². The fraction of sp³-hybridized carbons (Fsp3) is 0.643. The van der Waals surface area contributed by atoms with E-state index >= 15 is 0 Å². The molecule has 1 heterocycles. The Hall–Kier alpha value is -1.09. The van der Waals surface area contributed by atoms with Gasteiger partial charge in [-0.2, -0.15) is 0 Å². The second-order valence-electron chi connectivity index (χ2n) is 5.21. The topological polar surface area (TPSA) is 42.1 Å². The summed E-state index contributed by atoms with van der Waals surface area (Å²) in [5.41, 5.74) is 7.93. The van der Waals surface area contributed by atoms with Crippen molar-refractivity contribution in [1.29, 1.82) is 0 Å². The van der Waals surface area contributed by atoms with Gasteiger partial charge in [-0.1, -0.05) is 12.8 Å². The third-order valence-corrected chi connectivity index (χ3v) is 3.63. The third-order valence-electron chi connectivity index (χ3n) is 3.63. The van der Waals surface area contributed by atoms with E-state index in [1.54, 1.807) is 0 Å². The van der Waals surface area contributed by atoms with Crippen molar-refractivity contribution in [1.82, 2.24) is 4.98 Å². The Labute approximate surface area is 104 Å². The Bertz CT molecular complexity index is 370. The van der Waals surface area contributed by atoms with Crippen molar-refractivity contribution in [3.8, 4) is 0 Å². The molecule has 3 heteroatoms. The Morgan fingerprint density at radius 3 is 2.71 bits per heavy atom. The zero-order valence-electron chi connectivity index (χ0n) is 10.9. The van der Waals surface area contributed by atoms with Crippen molar-refractivity contribution in [3.05, 3.63) is 23.4 Å². The second kappa shape index (κ2) is 5.50. The normalized spacial score (nSPS) is 16.4. The predicted octanol–water partition coefficient (Wildman–Crippen LogP) is 2.48. The summed E-state index contributed by atoms with van der Waals surface area (Å²) >= 11 is 0. The Balaban J connectivity index is 2.06. The largest absolute Gasteiger partial charge is 0.359 e. The first kappa shape index (κ1) is 12.4. The van der Waals surface area contributed by atoms with Crippen LogP contribution in [0.15, 0.2) is 12.1 Å². The molecule has 0 aliphatic heterocycles. The Morgan fingerprint density at radius 1 is 1.35 bits per heavy atom. The first-order valence-electron chi connectivity index (χ1n) is 6.58. The molecule has 0 bridgehead atoms. The van der Waals surface area contributed by atoms with Gasteiger partial charge in [0.2, 0.25) is 0 Å². The highest BCUT2D eigenvalue weighted by molar-refractivity contribution is 5.41. The zero-order chi connectivity index (χ0) is 12.3. The van der Waals surface area contributed by atoms with Gasteiger partial charge in [0.1, 0.15) is 5.82 Å². The zero-order valence-corrected chi connectivity index (χ0v) is 10.9. The van der Waals surface area contributed by atoms with E-state index in [2.05, 4.69) is 29.1 Å². The maximum absolute atomic E-state index is 5.71. The minimum Gasteiger partial charge on any atom is -0.359 e. The summed E-state index contributed by atoms with van der Waals surface area (Å²) in [6.07, 6.45) is 5.54. The van der Waals surface area contributed by atoms with E-state index in [4.69, 9.17) is 5.73 Å². The van der Waals surface area contributed by atoms with E-state index in [1.165, 1.54) is 31.2 Å². The van der Waals surface area contributed by atoms with Gasteiger partial charge in [0.25, 0.3) is 0 Å². The highest BCUT2D eigenvalue weighted by Gasteiger charge is 2.17. The van der Waals surface area contributed by atoms with Crippen molar-refractivity contribution in [2.24, 2.45) is 11.7 Å². The van der Waals surface area contributed by atoms with Crippen molar-refractivity contribution in [3.63, 3.8) is 0 Å². The molecule has 0 saturated heterocycles. The minimum atomic E-state index is 0.591. The lowest BCUT2D eigenvalue weighted by Gasteiger charge is -2.22. The van der Waals surface area contributed by atoms with Crippen LogP contribution in [0.5, 0.6) is 0 Å². The Kier molecular flexibility index (Phi) is 4.00. The maximum Gasteiger partial charge on any atom is 0.128 e. The van der Waals surface area contributed by atoms with Crippen LogP contribution in [0.1, 0.15) is 36.9 Å². The minimum absolute atomic E-state index is 0.591. The summed E-state index contributed by atoms with van der Waals surface area (Å²) in [5, 5.41) is 0. The number of hydrogen-bond acceptors (Lipinski definition) is 3. The van der Waals surface area contributed by atoms with Crippen LogP contribution in [0.3, 0.4) is 0 Å². The van der Waals surface area contributed by atoms with Gasteiger partial charge in [-0.25, -0.2) is 4.98 Å². The highest BCUT2D eigenvalue weighted by Crippen LogP contribution is 2.26. The van der Waals surface area contributed by atoms with Gasteiger partial charge < -0.3 is 10.6 Å². The molecule has 1 aliphatic carbocycles. The molecule has 1 aromatic rings. The molecule has 2 rings (SSSR count). The quantitative estimate of drug-likeness (QED) is 0.868. The van der Waals surface area contributed by atoms with Gasteiger partial charge in [0.15, 0.2) is 0 Å². The molecular formula is C14H23N3. The van der Waals surface area contributed by atoms with Crippen LogP contribution in [0.4, 0.5) is 5.82 Å². The maximum atomic E-state index is 5.71. The summed E-state index contributed by atoms with van der Waals surface area (Å²) in [5.74, 6) is 1.92. The lowest BCUT2D eigenvalue weighted by atomic mass is 10.1. The molecule has 1 fully saturated rings. The van der Waals surface area contributed by atoms with Crippen LogP contribution in [-0.4, -0.2) is 18.6 Å². The standard InChI is InChI=1S/C14H23N3/c1-11-7-13(9-15)8-14(16-11)17(2)10-12-5-3-4-6-12/h7-8,12H,3-6,9-10,15H2,1-2H3. The molecule has 2 N–H and O–H groups in total. The SMILES string of the molecule is Cc1cc(CN)cc(N(C)CC2CCCC2)n1. The predicted molar refractivity (Wildman–Crippen MR) is 72.1 cm³/mol. The number of rotatable bonds is 4. The van der Waals surface area contributed by atoms with E-state index in [0.29, 0.717) is 6.54 Å². The third kappa shape index (κ3) is 3.19. The van der Waals surface area contributed by atoms with Gasteiger partial charge in [-0.3, -0.25) is 0 Å². The van der Waals surface area contributed by atoms with Crippen molar-refractivity contribution in [2.75, 3.05) is 18.5 Å². The van der Waals surface area contributed by atoms with Crippen LogP contribution in [0.25, 0.3) is 0 Å². The van der Waals surface area contributed by atoms with Crippen molar-refractivity contribution in [2.45, 2.75) is 39.2 Å². The molecule has 17 heavy (non-hydrogen) atoms. The molecule has 0 unspecified atom stereocenters. The smallest absolute Gasteiger partial charge is 0.128 e. The van der Waals surface area contributed by atoms with Crippen LogP contribution >= 0.6 is 0 Å². The molecule has 3 nitrogen and oxygen atoms in total. The van der Waals surface area contributed by atoms with Gasteiger partial charge in [-0.05, 0) is 43.4 Å². The van der Waals surface area contributed by atoms with Gasteiger partial charge >= 0.3 is 0 Å². The van der Waals surface area contributed by atoms with Crippen LogP contribution in [-0.2, 0) is 6.54 Å². The molecule has 1 aromatic heterocycles. The van der Waals surface area contributed by atoms with E-state index < -0.39 is 0 Å². The molecule has 0 amide bonds. The molecule has 0 aromatic carbocycles.